The van der Waals surface area contributed by atoms with E-state index < -0.39 is 29.0 Å². The number of amides is 2. The van der Waals surface area contributed by atoms with E-state index in [4.69, 9.17) is 21.1 Å². The SMILES string of the molecule is COC(=O)[C@H](C)N1C(=O)S/C(=C/c2cc(Cl)c(OCc3ccccc3F)c(OC)c2)C1=O. The third-order valence-corrected chi connectivity index (χ3v) is 5.80. The van der Waals surface area contributed by atoms with Gasteiger partial charge in [0.2, 0.25) is 0 Å². The molecule has 0 N–H and O–H groups in total. The predicted octanol–water partition coefficient (Wildman–Crippen LogP) is 4.66. The molecule has 0 saturated carbocycles. The first kappa shape index (κ1) is 23.6. The van der Waals surface area contributed by atoms with Crippen molar-refractivity contribution in [3.8, 4) is 11.5 Å². The van der Waals surface area contributed by atoms with Crippen molar-refractivity contribution in [2.45, 2.75) is 19.6 Å². The highest BCUT2D eigenvalue weighted by Gasteiger charge is 2.41. The summed E-state index contributed by atoms with van der Waals surface area (Å²) in [5.41, 5.74) is 0.824. The molecule has 3 rings (SSSR count). The van der Waals surface area contributed by atoms with Crippen LogP contribution in [0.25, 0.3) is 6.08 Å². The number of carbonyl (C=O) groups excluding carboxylic acids is 3. The summed E-state index contributed by atoms with van der Waals surface area (Å²) >= 11 is 7.05. The summed E-state index contributed by atoms with van der Waals surface area (Å²) in [5, 5.41) is -0.406. The fourth-order valence-corrected chi connectivity index (χ4v) is 4.15. The average molecular weight is 480 g/mol. The largest absolute Gasteiger partial charge is 0.493 e. The van der Waals surface area contributed by atoms with Gasteiger partial charge in [-0.3, -0.25) is 14.5 Å². The van der Waals surface area contributed by atoms with Crippen LogP contribution < -0.4 is 9.47 Å². The molecule has 2 amide bonds. The van der Waals surface area contributed by atoms with Crippen LogP contribution >= 0.6 is 23.4 Å². The maximum absolute atomic E-state index is 13.8. The second kappa shape index (κ2) is 10.1. The van der Waals surface area contributed by atoms with Crippen LogP contribution in [0.3, 0.4) is 0 Å². The zero-order valence-corrected chi connectivity index (χ0v) is 19.0. The topological polar surface area (TPSA) is 82.1 Å². The molecule has 1 aliphatic heterocycles. The number of imide groups is 1. The number of thioether (sulfide) groups is 1. The number of carbonyl (C=O) groups is 3. The summed E-state index contributed by atoms with van der Waals surface area (Å²) in [4.78, 5) is 37.6. The molecule has 2 aromatic rings. The first-order valence-corrected chi connectivity index (χ1v) is 10.5. The van der Waals surface area contributed by atoms with E-state index in [2.05, 4.69) is 4.74 Å². The van der Waals surface area contributed by atoms with Crippen molar-refractivity contribution in [1.82, 2.24) is 4.90 Å². The molecule has 1 atom stereocenters. The summed E-state index contributed by atoms with van der Waals surface area (Å²) < 4.78 is 29.5. The first-order valence-electron chi connectivity index (χ1n) is 9.35. The molecule has 1 heterocycles. The quantitative estimate of drug-likeness (QED) is 0.421. The molecule has 7 nitrogen and oxygen atoms in total. The summed E-state index contributed by atoms with van der Waals surface area (Å²) in [5.74, 6) is -1.25. The van der Waals surface area contributed by atoms with Crippen molar-refractivity contribution in [3.05, 3.63) is 63.3 Å². The molecule has 0 radical (unpaired) electrons. The Labute approximate surface area is 193 Å². The summed E-state index contributed by atoms with van der Waals surface area (Å²) in [6.45, 7) is 1.35. The van der Waals surface area contributed by atoms with Crippen LogP contribution in [-0.2, 0) is 20.9 Å². The minimum absolute atomic E-state index is 0.0631. The monoisotopic (exact) mass is 479 g/mol. The van der Waals surface area contributed by atoms with Gasteiger partial charge in [0.1, 0.15) is 18.5 Å². The standard InChI is InChI=1S/C22H19ClFNO6S/c1-12(21(27)30-3)25-20(26)18(32-22(25)28)10-13-8-15(23)19(17(9-13)29-2)31-11-14-6-4-5-7-16(14)24/h4-10,12H,11H2,1-3H3/b18-10+/t12-/m0/s1. The van der Waals surface area contributed by atoms with Crippen LogP contribution in [0.1, 0.15) is 18.1 Å². The van der Waals surface area contributed by atoms with E-state index in [1.807, 2.05) is 0 Å². The highest BCUT2D eigenvalue weighted by Crippen LogP contribution is 2.39. The van der Waals surface area contributed by atoms with Crippen molar-refractivity contribution in [3.63, 3.8) is 0 Å². The van der Waals surface area contributed by atoms with Crippen LogP contribution in [0.15, 0.2) is 41.3 Å². The lowest BCUT2D eigenvalue weighted by Crippen LogP contribution is -2.42. The van der Waals surface area contributed by atoms with Gasteiger partial charge in [-0.1, -0.05) is 29.8 Å². The van der Waals surface area contributed by atoms with Crippen LogP contribution in [0.2, 0.25) is 5.02 Å². The Hall–Kier alpha value is -3.04. The zero-order valence-electron chi connectivity index (χ0n) is 17.4. The molecule has 168 valence electrons. The van der Waals surface area contributed by atoms with E-state index in [1.165, 1.54) is 39.4 Å². The van der Waals surface area contributed by atoms with E-state index in [9.17, 15) is 18.8 Å². The Balaban J connectivity index is 1.85. The molecule has 10 heteroatoms. The molecule has 2 aromatic carbocycles. The van der Waals surface area contributed by atoms with Gasteiger partial charge in [-0.15, -0.1) is 0 Å². The Morgan fingerprint density at radius 2 is 1.97 bits per heavy atom. The highest BCUT2D eigenvalue weighted by molar-refractivity contribution is 8.18. The normalized spacial score (nSPS) is 15.8. The second-order valence-corrected chi connectivity index (χ2v) is 8.07. The van der Waals surface area contributed by atoms with Gasteiger partial charge in [0, 0.05) is 5.56 Å². The van der Waals surface area contributed by atoms with Crippen molar-refractivity contribution in [2.75, 3.05) is 14.2 Å². The van der Waals surface area contributed by atoms with Crippen molar-refractivity contribution in [2.24, 2.45) is 0 Å². The minimum atomic E-state index is -1.05. The number of rotatable bonds is 7. The van der Waals surface area contributed by atoms with Crippen LogP contribution in [0, 0.1) is 5.82 Å². The molecule has 32 heavy (non-hydrogen) atoms. The van der Waals surface area contributed by atoms with Gasteiger partial charge in [-0.2, -0.15) is 0 Å². The van der Waals surface area contributed by atoms with Crippen LogP contribution in [-0.4, -0.2) is 42.3 Å². The molecular weight excluding hydrogens is 461 g/mol. The molecule has 1 fully saturated rings. The fraction of sp³-hybridized carbons (Fsp3) is 0.227. The molecule has 0 aromatic heterocycles. The van der Waals surface area contributed by atoms with Gasteiger partial charge >= 0.3 is 5.97 Å². The summed E-state index contributed by atoms with van der Waals surface area (Å²) in [6.07, 6.45) is 1.46. The van der Waals surface area contributed by atoms with Crippen molar-refractivity contribution in [1.29, 1.82) is 0 Å². The number of halogens is 2. The minimum Gasteiger partial charge on any atom is -0.493 e. The maximum atomic E-state index is 13.8. The van der Waals surface area contributed by atoms with Gasteiger partial charge < -0.3 is 14.2 Å². The van der Waals surface area contributed by atoms with Gasteiger partial charge in [-0.25, -0.2) is 9.18 Å². The van der Waals surface area contributed by atoms with Gasteiger partial charge in [0.15, 0.2) is 11.5 Å². The third kappa shape index (κ3) is 4.89. The van der Waals surface area contributed by atoms with E-state index in [1.54, 1.807) is 24.3 Å². The summed E-state index contributed by atoms with van der Waals surface area (Å²) in [7, 11) is 2.59. The number of nitrogens with zero attached hydrogens (tertiary/aromatic N) is 1. The fourth-order valence-electron chi connectivity index (χ4n) is 2.97. The molecule has 0 spiro atoms. The molecule has 0 bridgehead atoms. The van der Waals surface area contributed by atoms with E-state index >= 15 is 0 Å². The van der Waals surface area contributed by atoms with E-state index in [0.29, 0.717) is 22.9 Å². The van der Waals surface area contributed by atoms with Gasteiger partial charge in [-0.05, 0) is 48.5 Å². The Kier molecular flexibility index (Phi) is 7.42. The molecule has 1 aliphatic rings. The van der Waals surface area contributed by atoms with E-state index in [-0.39, 0.29) is 28.0 Å². The lowest BCUT2D eigenvalue weighted by Gasteiger charge is -2.18. The number of hydrogen-bond donors (Lipinski definition) is 0. The zero-order chi connectivity index (χ0) is 23.4. The van der Waals surface area contributed by atoms with Gasteiger partial charge in [0.25, 0.3) is 11.1 Å². The maximum Gasteiger partial charge on any atom is 0.328 e. The molecular formula is C22H19ClFNO6S. The lowest BCUT2D eigenvalue weighted by molar-refractivity contribution is -0.148. The first-order chi connectivity index (χ1) is 15.3. The Morgan fingerprint density at radius 3 is 2.62 bits per heavy atom. The van der Waals surface area contributed by atoms with Crippen molar-refractivity contribution >= 4 is 46.6 Å². The lowest BCUT2D eigenvalue weighted by atomic mass is 10.1. The summed E-state index contributed by atoms with van der Waals surface area (Å²) in [6, 6.07) is 8.24. The predicted molar refractivity (Wildman–Crippen MR) is 118 cm³/mol. The smallest absolute Gasteiger partial charge is 0.328 e. The average Bonchev–Trinajstić information content (AvgIpc) is 3.05. The number of ether oxygens (including phenoxy) is 3. The Bertz CT molecular complexity index is 1110. The Morgan fingerprint density at radius 1 is 1.25 bits per heavy atom. The molecule has 0 aliphatic carbocycles. The van der Waals surface area contributed by atoms with E-state index in [0.717, 1.165) is 4.90 Å². The second-order valence-electron chi connectivity index (χ2n) is 6.67. The van der Waals surface area contributed by atoms with Crippen LogP contribution in [0.5, 0.6) is 11.5 Å². The third-order valence-electron chi connectivity index (χ3n) is 4.63. The van der Waals surface area contributed by atoms with Crippen molar-refractivity contribution < 1.29 is 33.0 Å². The van der Waals surface area contributed by atoms with Gasteiger partial charge in [0.05, 0.1) is 24.1 Å². The number of benzene rings is 2. The van der Waals surface area contributed by atoms with Crippen LogP contribution in [0.4, 0.5) is 9.18 Å². The molecule has 1 saturated heterocycles. The number of hydrogen-bond acceptors (Lipinski definition) is 7. The highest BCUT2D eigenvalue weighted by atomic mass is 35.5. The number of methoxy groups -OCH3 is 2. The molecule has 0 unspecified atom stereocenters. The number of esters is 1.